The number of rotatable bonds is 7. The summed E-state index contributed by atoms with van der Waals surface area (Å²) in [4.78, 5) is 11.8. The van der Waals surface area contributed by atoms with Crippen molar-refractivity contribution in [3.05, 3.63) is 53.6 Å². The summed E-state index contributed by atoms with van der Waals surface area (Å²) < 4.78 is 0. The molecule has 0 heterocycles. The zero-order valence-electron chi connectivity index (χ0n) is 13.9. The van der Waals surface area contributed by atoms with Crippen LogP contribution in [0.25, 0.3) is 0 Å². The molecule has 0 radical (unpaired) electrons. The van der Waals surface area contributed by atoms with Crippen LogP contribution in [-0.2, 0) is 6.42 Å². The highest BCUT2D eigenvalue weighted by molar-refractivity contribution is 5.96. The van der Waals surface area contributed by atoms with Gasteiger partial charge in [0.2, 0.25) is 0 Å². The lowest BCUT2D eigenvalue weighted by Crippen LogP contribution is -2.22. The molecule has 1 amide bonds. The molecule has 23 heavy (non-hydrogen) atoms. The average molecular weight is 311 g/mol. The maximum atomic E-state index is 11.8. The Balaban J connectivity index is 2.06. The smallest absolute Gasteiger partial charge is 0.251 e. The van der Waals surface area contributed by atoms with E-state index in [1.165, 1.54) is 18.4 Å². The van der Waals surface area contributed by atoms with Crippen LogP contribution in [0.3, 0.4) is 0 Å². The molecule has 0 saturated heterocycles. The van der Waals surface area contributed by atoms with E-state index in [2.05, 4.69) is 41.8 Å². The van der Waals surface area contributed by atoms with Crippen molar-refractivity contribution in [3.8, 4) is 0 Å². The second-order valence-corrected chi connectivity index (χ2v) is 5.59. The molecule has 0 aliphatic heterocycles. The van der Waals surface area contributed by atoms with Gasteiger partial charge >= 0.3 is 0 Å². The van der Waals surface area contributed by atoms with Crippen molar-refractivity contribution >= 4 is 23.0 Å². The van der Waals surface area contributed by atoms with E-state index in [1.807, 2.05) is 13.0 Å². The third-order valence-electron chi connectivity index (χ3n) is 3.70. The fraction of sp³-hybridized carbons (Fsp3) is 0.316. The van der Waals surface area contributed by atoms with Crippen LogP contribution in [0.4, 0.5) is 17.1 Å². The van der Waals surface area contributed by atoms with Crippen molar-refractivity contribution in [2.45, 2.75) is 33.1 Å². The first-order chi connectivity index (χ1) is 11.1. The molecule has 0 saturated carbocycles. The van der Waals surface area contributed by atoms with Gasteiger partial charge in [0.25, 0.3) is 5.91 Å². The second kappa shape index (κ2) is 8.22. The molecule has 2 rings (SSSR count). The number of anilines is 3. The minimum absolute atomic E-state index is 0.106. The Bertz CT molecular complexity index is 650. The number of nitrogens with one attached hydrogen (secondary N) is 2. The highest BCUT2D eigenvalue weighted by atomic mass is 16.1. The molecule has 4 heteroatoms. The fourth-order valence-electron chi connectivity index (χ4n) is 2.37. The van der Waals surface area contributed by atoms with Gasteiger partial charge in [-0.3, -0.25) is 4.79 Å². The molecule has 0 aliphatic carbocycles. The van der Waals surface area contributed by atoms with E-state index in [4.69, 9.17) is 5.73 Å². The van der Waals surface area contributed by atoms with Gasteiger partial charge in [-0.05, 0) is 55.7 Å². The Hall–Kier alpha value is -2.49. The van der Waals surface area contributed by atoms with Crippen LogP contribution in [0.5, 0.6) is 0 Å². The Morgan fingerprint density at radius 1 is 1.09 bits per heavy atom. The van der Waals surface area contributed by atoms with Crippen LogP contribution in [-0.4, -0.2) is 12.5 Å². The molecule has 0 atom stereocenters. The van der Waals surface area contributed by atoms with Crippen LogP contribution < -0.4 is 16.4 Å². The van der Waals surface area contributed by atoms with Gasteiger partial charge in [-0.25, -0.2) is 0 Å². The van der Waals surface area contributed by atoms with Crippen molar-refractivity contribution < 1.29 is 4.79 Å². The molecular formula is C19H25N3O. The summed E-state index contributed by atoms with van der Waals surface area (Å²) in [7, 11) is 0. The zero-order chi connectivity index (χ0) is 16.7. The molecule has 2 aromatic rings. The molecule has 0 unspecified atom stereocenters. The summed E-state index contributed by atoms with van der Waals surface area (Å²) >= 11 is 0. The lowest BCUT2D eigenvalue weighted by atomic mass is 10.1. The number of nitrogen functional groups attached to an aromatic ring is 1. The van der Waals surface area contributed by atoms with E-state index in [0.717, 1.165) is 17.8 Å². The molecule has 0 aliphatic rings. The number of aryl methyl sites for hydroxylation is 1. The first-order valence-electron chi connectivity index (χ1n) is 8.17. The van der Waals surface area contributed by atoms with Crippen LogP contribution in [0.1, 0.15) is 42.6 Å². The molecule has 0 aromatic heterocycles. The minimum atomic E-state index is -0.106. The number of hydrogen-bond acceptors (Lipinski definition) is 3. The van der Waals surface area contributed by atoms with Crippen LogP contribution in [0.15, 0.2) is 42.5 Å². The predicted molar refractivity (Wildman–Crippen MR) is 97.2 cm³/mol. The maximum Gasteiger partial charge on any atom is 0.251 e. The molecule has 0 fully saturated rings. The van der Waals surface area contributed by atoms with Crippen molar-refractivity contribution in [2.24, 2.45) is 0 Å². The van der Waals surface area contributed by atoms with Gasteiger partial charge in [0, 0.05) is 17.8 Å². The minimum Gasteiger partial charge on any atom is -0.397 e. The van der Waals surface area contributed by atoms with Gasteiger partial charge < -0.3 is 16.4 Å². The van der Waals surface area contributed by atoms with E-state index in [0.29, 0.717) is 17.8 Å². The number of amides is 1. The molecular weight excluding hydrogens is 286 g/mol. The van der Waals surface area contributed by atoms with Gasteiger partial charge in [0.15, 0.2) is 0 Å². The third-order valence-corrected chi connectivity index (χ3v) is 3.70. The quantitative estimate of drug-likeness (QED) is 0.674. The number of carbonyl (C=O) groups excluding carboxylic acids is 1. The van der Waals surface area contributed by atoms with Crippen LogP contribution >= 0.6 is 0 Å². The maximum absolute atomic E-state index is 11.8. The van der Waals surface area contributed by atoms with E-state index in [-0.39, 0.29) is 5.91 Å². The van der Waals surface area contributed by atoms with Gasteiger partial charge in [0.1, 0.15) is 0 Å². The number of carbonyl (C=O) groups is 1. The normalized spacial score (nSPS) is 10.3. The fourth-order valence-corrected chi connectivity index (χ4v) is 2.37. The molecule has 122 valence electrons. The first kappa shape index (κ1) is 16.9. The molecule has 0 bridgehead atoms. The molecule has 2 aromatic carbocycles. The monoisotopic (exact) mass is 311 g/mol. The van der Waals surface area contributed by atoms with E-state index in [9.17, 15) is 4.79 Å². The van der Waals surface area contributed by atoms with Gasteiger partial charge in [-0.1, -0.05) is 25.5 Å². The highest BCUT2D eigenvalue weighted by Crippen LogP contribution is 2.24. The largest absolute Gasteiger partial charge is 0.397 e. The standard InChI is InChI=1S/C19H25N3O/c1-3-5-6-14-7-10-16(11-8-14)22-18-12-9-15(13-17(18)20)19(23)21-4-2/h7-13,22H,3-6,20H2,1-2H3,(H,21,23). The van der Waals surface area contributed by atoms with E-state index < -0.39 is 0 Å². The summed E-state index contributed by atoms with van der Waals surface area (Å²) in [6.45, 7) is 4.69. The predicted octanol–water partition coefficient (Wildman–Crippen LogP) is 4.10. The van der Waals surface area contributed by atoms with Crippen molar-refractivity contribution in [1.29, 1.82) is 0 Å². The Morgan fingerprint density at radius 2 is 1.83 bits per heavy atom. The van der Waals surface area contributed by atoms with Gasteiger partial charge in [-0.15, -0.1) is 0 Å². The number of unbranched alkanes of at least 4 members (excludes halogenated alkanes) is 1. The Kier molecular flexibility index (Phi) is 6.03. The summed E-state index contributed by atoms with van der Waals surface area (Å²) in [5, 5.41) is 6.06. The number of hydrogen-bond donors (Lipinski definition) is 3. The van der Waals surface area contributed by atoms with Crippen LogP contribution in [0, 0.1) is 0 Å². The van der Waals surface area contributed by atoms with Crippen molar-refractivity contribution in [3.63, 3.8) is 0 Å². The molecule has 4 nitrogen and oxygen atoms in total. The lowest BCUT2D eigenvalue weighted by molar-refractivity contribution is 0.0956. The molecule has 4 N–H and O–H groups in total. The van der Waals surface area contributed by atoms with E-state index >= 15 is 0 Å². The van der Waals surface area contributed by atoms with E-state index in [1.54, 1.807) is 12.1 Å². The van der Waals surface area contributed by atoms with Gasteiger partial charge in [0.05, 0.1) is 11.4 Å². The topological polar surface area (TPSA) is 67.2 Å². The van der Waals surface area contributed by atoms with Gasteiger partial charge in [-0.2, -0.15) is 0 Å². The SMILES string of the molecule is CCCCc1ccc(Nc2ccc(C(=O)NCC)cc2N)cc1. The highest BCUT2D eigenvalue weighted by Gasteiger charge is 2.07. The summed E-state index contributed by atoms with van der Waals surface area (Å²) in [5.74, 6) is -0.106. The third kappa shape index (κ3) is 4.74. The molecule has 0 spiro atoms. The first-order valence-corrected chi connectivity index (χ1v) is 8.17. The van der Waals surface area contributed by atoms with Crippen molar-refractivity contribution in [2.75, 3.05) is 17.6 Å². The van der Waals surface area contributed by atoms with Crippen LogP contribution in [0.2, 0.25) is 0 Å². The van der Waals surface area contributed by atoms with Crippen molar-refractivity contribution in [1.82, 2.24) is 5.32 Å². The Labute approximate surface area is 138 Å². The number of nitrogens with two attached hydrogens (primary N) is 1. The average Bonchev–Trinajstić information content (AvgIpc) is 2.56. The second-order valence-electron chi connectivity index (χ2n) is 5.59. The summed E-state index contributed by atoms with van der Waals surface area (Å²) in [6.07, 6.45) is 3.52. The summed E-state index contributed by atoms with van der Waals surface area (Å²) in [6, 6.07) is 13.7. The lowest BCUT2D eigenvalue weighted by Gasteiger charge is -2.11. The summed E-state index contributed by atoms with van der Waals surface area (Å²) in [5.41, 5.74) is 10.3. The zero-order valence-corrected chi connectivity index (χ0v) is 13.9. The number of benzene rings is 2. The Morgan fingerprint density at radius 3 is 2.43 bits per heavy atom.